The van der Waals surface area contributed by atoms with Gasteiger partial charge in [0.15, 0.2) is 0 Å². The van der Waals surface area contributed by atoms with Crippen LogP contribution in [0.15, 0.2) is 109 Å². The maximum atomic E-state index is 9.90. The molecule has 0 radical (unpaired) electrons. The fourth-order valence-corrected chi connectivity index (χ4v) is 3.21. The first kappa shape index (κ1) is 20.5. The molecule has 4 rings (SSSR count). The standard InChI is InChI=1S/C28H18N2O2/c29-19-27(21-9-7-15-25(17-21)31-23-11-3-1-4-12-23)28(20-30)22-10-8-16-26(18-22)32-24-13-5-2-6-14-24/h1-18H/b28-27+. The van der Waals surface area contributed by atoms with Crippen LogP contribution in [0.1, 0.15) is 11.1 Å². The summed E-state index contributed by atoms with van der Waals surface area (Å²) in [6, 6.07) is 37.5. The number of ether oxygens (including phenoxy) is 2. The van der Waals surface area contributed by atoms with Crippen LogP contribution in [-0.2, 0) is 0 Å². The van der Waals surface area contributed by atoms with Crippen molar-refractivity contribution in [1.82, 2.24) is 0 Å². The van der Waals surface area contributed by atoms with Crippen molar-refractivity contribution in [2.24, 2.45) is 0 Å². The molecule has 4 aromatic rings. The second-order valence-corrected chi connectivity index (χ2v) is 6.86. The Balaban J connectivity index is 1.69. The Hall–Kier alpha value is -4.80. The van der Waals surface area contributed by atoms with Crippen LogP contribution in [0.5, 0.6) is 23.0 Å². The van der Waals surface area contributed by atoms with Crippen LogP contribution in [0.2, 0.25) is 0 Å². The van der Waals surface area contributed by atoms with Crippen molar-refractivity contribution in [3.05, 3.63) is 120 Å². The number of hydrogen-bond donors (Lipinski definition) is 0. The summed E-state index contributed by atoms with van der Waals surface area (Å²) in [7, 11) is 0. The summed E-state index contributed by atoms with van der Waals surface area (Å²) in [6.07, 6.45) is 0. The summed E-state index contributed by atoms with van der Waals surface area (Å²) >= 11 is 0. The minimum Gasteiger partial charge on any atom is -0.457 e. The SMILES string of the molecule is N#C/C(=C(/C#N)c1cccc(Oc2ccccc2)c1)c1cccc(Oc2ccccc2)c1. The minimum atomic E-state index is 0.267. The zero-order chi connectivity index (χ0) is 22.2. The highest BCUT2D eigenvalue weighted by molar-refractivity contribution is 6.02. The third-order valence-corrected chi connectivity index (χ3v) is 4.68. The van der Waals surface area contributed by atoms with Gasteiger partial charge in [-0.15, -0.1) is 0 Å². The van der Waals surface area contributed by atoms with Crippen molar-refractivity contribution >= 4 is 11.1 Å². The Morgan fingerprint density at radius 3 is 1.22 bits per heavy atom. The minimum absolute atomic E-state index is 0.267. The quantitative estimate of drug-likeness (QED) is 0.247. The molecule has 0 saturated carbocycles. The van der Waals surface area contributed by atoms with Gasteiger partial charge in [0.25, 0.3) is 0 Å². The van der Waals surface area contributed by atoms with E-state index in [9.17, 15) is 10.5 Å². The summed E-state index contributed by atoms with van der Waals surface area (Å²) in [4.78, 5) is 0. The average molecular weight is 414 g/mol. The van der Waals surface area contributed by atoms with Gasteiger partial charge in [0.1, 0.15) is 35.1 Å². The van der Waals surface area contributed by atoms with Crippen LogP contribution in [0, 0.1) is 22.7 Å². The summed E-state index contributed by atoms with van der Waals surface area (Å²) in [5.41, 5.74) is 1.74. The highest BCUT2D eigenvalue weighted by Crippen LogP contribution is 2.31. The van der Waals surface area contributed by atoms with Crippen molar-refractivity contribution in [2.75, 3.05) is 0 Å². The molecule has 0 heterocycles. The molecule has 0 saturated heterocycles. The van der Waals surface area contributed by atoms with E-state index in [1.807, 2.05) is 72.8 Å². The number of nitriles is 2. The maximum absolute atomic E-state index is 9.90. The fraction of sp³-hybridized carbons (Fsp3) is 0. The summed E-state index contributed by atoms with van der Waals surface area (Å²) in [6.45, 7) is 0. The molecule has 0 N–H and O–H groups in total. The van der Waals surface area contributed by atoms with E-state index in [-0.39, 0.29) is 11.1 Å². The first-order valence-corrected chi connectivity index (χ1v) is 9.98. The van der Waals surface area contributed by atoms with Crippen molar-refractivity contribution in [1.29, 1.82) is 10.5 Å². The lowest BCUT2D eigenvalue weighted by Crippen LogP contribution is -1.92. The largest absolute Gasteiger partial charge is 0.457 e. The van der Waals surface area contributed by atoms with Crippen molar-refractivity contribution in [2.45, 2.75) is 0 Å². The maximum Gasteiger partial charge on any atom is 0.128 e. The van der Waals surface area contributed by atoms with E-state index < -0.39 is 0 Å². The normalized spacial score (nSPS) is 10.9. The molecule has 4 nitrogen and oxygen atoms in total. The number of rotatable bonds is 6. The number of nitrogens with zero attached hydrogens (tertiary/aromatic N) is 2. The molecule has 32 heavy (non-hydrogen) atoms. The summed E-state index contributed by atoms with van der Waals surface area (Å²) < 4.78 is 11.8. The van der Waals surface area contributed by atoms with E-state index in [0.29, 0.717) is 34.1 Å². The molecule has 0 bridgehead atoms. The van der Waals surface area contributed by atoms with Gasteiger partial charge >= 0.3 is 0 Å². The first-order chi connectivity index (χ1) is 15.8. The van der Waals surface area contributed by atoms with Gasteiger partial charge in [-0.2, -0.15) is 10.5 Å². The second kappa shape index (κ2) is 9.80. The van der Waals surface area contributed by atoms with Gasteiger partial charge < -0.3 is 9.47 Å². The molecule has 0 unspecified atom stereocenters. The van der Waals surface area contributed by atoms with Crippen LogP contribution in [0.3, 0.4) is 0 Å². The molecular weight excluding hydrogens is 396 g/mol. The molecule has 0 aliphatic carbocycles. The Morgan fingerprint density at radius 2 is 0.844 bits per heavy atom. The average Bonchev–Trinajstić information content (AvgIpc) is 2.84. The summed E-state index contributed by atoms with van der Waals surface area (Å²) in [5, 5.41) is 19.8. The molecule has 0 aromatic heterocycles. The molecule has 0 atom stereocenters. The van der Waals surface area contributed by atoms with Gasteiger partial charge in [-0.1, -0.05) is 60.7 Å². The second-order valence-electron chi connectivity index (χ2n) is 6.86. The van der Waals surface area contributed by atoms with Gasteiger partial charge in [-0.25, -0.2) is 0 Å². The summed E-state index contributed by atoms with van der Waals surface area (Å²) in [5.74, 6) is 2.55. The number of para-hydroxylation sites is 2. The topological polar surface area (TPSA) is 66.0 Å². The van der Waals surface area contributed by atoms with E-state index in [1.165, 1.54) is 0 Å². The van der Waals surface area contributed by atoms with Gasteiger partial charge in [-0.05, 0) is 59.7 Å². The zero-order valence-corrected chi connectivity index (χ0v) is 17.1. The van der Waals surface area contributed by atoms with Gasteiger partial charge in [0.2, 0.25) is 0 Å². The molecule has 0 aliphatic heterocycles. The van der Waals surface area contributed by atoms with Crippen LogP contribution >= 0.6 is 0 Å². The third kappa shape index (κ3) is 4.84. The van der Waals surface area contributed by atoms with E-state index in [4.69, 9.17) is 9.47 Å². The number of hydrogen-bond acceptors (Lipinski definition) is 4. The Kier molecular flexibility index (Phi) is 6.27. The Labute approximate surface area is 186 Å². The van der Waals surface area contributed by atoms with Crippen molar-refractivity contribution in [3.8, 4) is 35.1 Å². The van der Waals surface area contributed by atoms with Gasteiger partial charge in [0.05, 0.1) is 11.1 Å². The van der Waals surface area contributed by atoms with Crippen LogP contribution in [0.25, 0.3) is 11.1 Å². The monoisotopic (exact) mass is 414 g/mol. The molecular formula is C28H18N2O2. The van der Waals surface area contributed by atoms with Crippen LogP contribution in [-0.4, -0.2) is 0 Å². The van der Waals surface area contributed by atoms with E-state index in [1.54, 1.807) is 36.4 Å². The fourth-order valence-electron chi connectivity index (χ4n) is 3.21. The lowest BCUT2D eigenvalue weighted by Gasteiger charge is -2.10. The molecule has 0 spiro atoms. The van der Waals surface area contributed by atoms with E-state index in [2.05, 4.69) is 12.1 Å². The number of benzene rings is 4. The third-order valence-electron chi connectivity index (χ3n) is 4.68. The lowest BCUT2D eigenvalue weighted by atomic mass is 9.96. The van der Waals surface area contributed by atoms with Crippen LogP contribution < -0.4 is 9.47 Å². The highest BCUT2D eigenvalue weighted by atomic mass is 16.5. The predicted molar refractivity (Wildman–Crippen MR) is 124 cm³/mol. The highest BCUT2D eigenvalue weighted by Gasteiger charge is 2.13. The first-order valence-electron chi connectivity index (χ1n) is 9.98. The van der Waals surface area contributed by atoms with Crippen molar-refractivity contribution < 1.29 is 9.47 Å². The van der Waals surface area contributed by atoms with Crippen LogP contribution in [0.4, 0.5) is 0 Å². The lowest BCUT2D eigenvalue weighted by molar-refractivity contribution is 0.482. The predicted octanol–water partition coefficient (Wildman–Crippen LogP) is 7.23. The van der Waals surface area contributed by atoms with E-state index >= 15 is 0 Å². The Bertz CT molecular complexity index is 1230. The molecule has 152 valence electrons. The van der Waals surface area contributed by atoms with Crippen molar-refractivity contribution in [3.63, 3.8) is 0 Å². The number of allylic oxidation sites excluding steroid dienone is 2. The van der Waals surface area contributed by atoms with E-state index in [0.717, 1.165) is 0 Å². The zero-order valence-electron chi connectivity index (χ0n) is 17.1. The molecule has 4 aromatic carbocycles. The molecule has 0 fully saturated rings. The molecule has 0 amide bonds. The Morgan fingerprint density at radius 1 is 0.469 bits per heavy atom. The molecule has 0 aliphatic rings. The van der Waals surface area contributed by atoms with Gasteiger partial charge in [0, 0.05) is 0 Å². The molecule has 4 heteroatoms. The smallest absolute Gasteiger partial charge is 0.128 e. The van der Waals surface area contributed by atoms with Gasteiger partial charge in [-0.3, -0.25) is 0 Å².